The van der Waals surface area contributed by atoms with Crippen LogP contribution in [0.3, 0.4) is 0 Å². The Morgan fingerprint density at radius 2 is 2.09 bits per heavy atom. The van der Waals surface area contributed by atoms with E-state index >= 15 is 0 Å². The molecule has 1 aliphatic rings. The Morgan fingerprint density at radius 1 is 1.39 bits per heavy atom. The maximum absolute atomic E-state index is 11.9. The van der Waals surface area contributed by atoms with E-state index in [1.54, 1.807) is 0 Å². The van der Waals surface area contributed by atoms with E-state index in [2.05, 4.69) is 22.7 Å². The van der Waals surface area contributed by atoms with Crippen molar-refractivity contribution in [2.45, 2.75) is 77.6 Å². The molecule has 0 aliphatic heterocycles. The molecular formula is C17H30N4O2. The van der Waals surface area contributed by atoms with Gasteiger partial charge in [0.15, 0.2) is 0 Å². The summed E-state index contributed by atoms with van der Waals surface area (Å²) >= 11 is 0. The summed E-state index contributed by atoms with van der Waals surface area (Å²) in [7, 11) is 1.96. The highest BCUT2D eigenvalue weighted by atomic mass is 16.6. The lowest BCUT2D eigenvalue weighted by Gasteiger charge is -2.31. The third-order valence-corrected chi connectivity index (χ3v) is 4.31. The summed E-state index contributed by atoms with van der Waals surface area (Å²) in [5.41, 5.74) is 1.97. The van der Waals surface area contributed by atoms with Crippen LogP contribution in [0.1, 0.15) is 57.7 Å². The second-order valence-electron chi connectivity index (χ2n) is 7.47. The quantitative estimate of drug-likeness (QED) is 0.894. The highest BCUT2D eigenvalue weighted by Gasteiger charge is 2.25. The van der Waals surface area contributed by atoms with Gasteiger partial charge in [0.25, 0.3) is 0 Å². The van der Waals surface area contributed by atoms with Gasteiger partial charge in [-0.3, -0.25) is 4.68 Å². The van der Waals surface area contributed by atoms with Crippen LogP contribution in [0, 0.1) is 6.92 Å². The summed E-state index contributed by atoms with van der Waals surface area (Å²) in [4.78, 5) is 11.9. The first kappa shape index (κ1) is 17.8. The van der Waals surface area contributed by atoms with Gasteiger partial charge in [-0.2, -0.15) is 5.10 Å². The Morgan fingerprint density at radius 3 is 2.70 bits per heavy atom. The normalized spacial score (nSPS) is 22.0. The average molecular weight is 322 g/mol. The van der Waals surface area contributed by atoms with Crippen LogP contribution >= 0.6 is 0 Å². The number of carbonyl (C=O) groups is 1. The molecule has 130 valence electrons. The van der Waals surface area contributed by atoms with Gasteiger partial charge >= 0.3 is 6.09 Å². The van der Waals surface area contributed by atoms with Crippen LogP contribution in [-0.4, -0.2) is 33.6 Å². The molecule has 0 spiro atoms. The Bertz CT molecular complexity index is 533. The fourth-order valence-corrected chi connectivity index (χ4v) is 2.95. The highest BCUT2D eigenvalue weighted by Crippen LogP contribution is 2.20. The zero-order chi connectivity index (χ0) is 17.0. The van der Waals surface area contributed by atoms with Crippen molar-refractivity contribution >= 4 is 6.09 Å². The number of hydrogen-bond acceptors (Lipinski definition) is 4. The lowest BCUT2D eigenvalue weighted by molar-refractivity contribution is 0.0488. The first-order valence-corrected chi connectivity index (χ1v) is 8.45. The summed E-state index contributed by atoms with van der Waals surface area (Å²) in [6, 6.07) is 0.606. The zero-order valence-corrected chi connectivity index (χ0v) is 15.0. The lowest BCUT2D eigenvalue weighted by atomic mass is 9.91. The van der Waals surface area contributed by atoms with Crippen LogP contribution in [0.5, 0.6) is 0 Å². The molecule has 0 radical (unpaired) electrons. The third-order valence-electron chi connectivity index (χ3n) is 4.31. The van der Waals surface area contributed by atoms with E-state index in [-0.39, 0.29) is 12.1 Å². The van der Waals surface area contributed by atoms with Crippen LogP contribution < -0.4 is 10.6 Å². The standard InChI is InChI=1S/C17H30N4O2/c1-12-13(11-19-21(12)5)10-18-14-7-6-8-15(9-14)20-16(22)23-17(2,3)4/h11,14-15,18H,6-10H2,1-5H3,(H,20,22)/t14-,15+/m0/s1. The van der Waals surface area contributed by atoms with Crippen molar-refractivity contribution in [3.63, 3.8) is 0 Å². The number of nitrogens with one attached hydrogen (secondary N) is 2. The van der Waals surface area contributed by atoms with Crippen LogP contribution in [0.2, 0.25) is 0 Å². The van der Waals surface area contributed by atoms with E-state index in [0.717, 1.165) is 32.2 Å². The molecule has 6 heteroatoms. The molecule has 2 N–H and O–H groups in total. The maximum Gasteiger partial charge on any atom is 0.407 e. The molecule has 1 saturated carbocycles. The average Bonchev–Trinajstić information content (AvgIpc) is 2.75. The van der Waals surface area contributed by atoms with Crippen molar-refractivity contribution in [2.75, 3.05) is 0 Å². The van der Waals surface area contributed by atoms with Gasteiger partial charge in [-0.15, -0.1) is 0 Å². The van der Waals surface area contributed by atoms with Gasteiger partial charge in [0.2, 0.25) is 0 Å². The molecule has 1 aromatic rings. The first-order chi connectivity index (χ1) is 10.7. The molecule has 2 rings (SSSR count). The minimum atomic E-state index is -0.450. The Labute approximate surface area is 139 Å². The molecular weight excluding hydrogens is 292 g/mol. The van der Waals surface area contributed by atoms with E-state index < -0.39 is 5.60 Å². The molecule has 0 saturated heterocycles. The SMILES string of the molecule is Cc1c(CN[C@H]2CCC[C@@H](NC(=O)OC(C)(C)C)C2)cnn1C. The number of rotatable bonds is 4. The Kier molecular flexibility index (Phi) is 5.68. The van der Waals surface area contributed by atoms with Crippen LogP contribution in [0.25, 0.3) is 0 Å². The van der Waals surface area contributed by atoms with Crippen LogP contribution in [0.15, 0.2) is 6.20 Å². The smallest absolute Gasteiger partial charge is 0.407 e. The molecule has 1 fully saturated rings. The van der Waals surface area contributed by atoms with Gasteiger partial charge in [-0.05, 0) is 53.4 Å². The number of ether oxygens (including phenoxy) is 1. The largest absolute Gasteiger partial charge is 0.444 e. The molecule has 6 nitrogen and oxygen atoms in total. The fourth-order valence-electron chi connectivity index (χ4n) is 2.95. The minimum absolute atomic E-state index is 0.186. The predicted molar refractivity (Wildman–Crippen MR) is 90.2 cm³/mol. The summed E-state index contributed by atoms with van der Waals surface area (Å²) in [6.45, 7) is 8.55. The molecule has 1 heterocycles. The highest BCUT2D eigenvalue weighted by molar-refractivity contribution is 5.68. The van der Waals surface area contributed by atoms with Crippen molar-refractivity contribution in [2.24, 2.45) is 7.05 Å². The molecule has 2 atom stereocenters. The third kappa shape index (κ3) is 5.53. The number of aromatic nitrogens is 2. The van der Waals surface area contributed by atoms with Gasteiger partial charge in [0.1, 0.15) is 5.60 Å². The van der Waals surface area contributed by atoms with Crippen LogP contribution in [0.4, 0.5) is 4.79 Å². The first-order valence-electron chi connectivity index (χ1n) is 8.45. The monoisotopic (exact) mass is 322 g/mol. The number of hydrogen-bond donors (Lipinski definition) is 2. The van der Waals surface area contributed by atoms with E-state index in [0.29, 0.717) is 6.04 Å². The second-order valence-corrected chi connectivity index (χ2v) is 7.47. The molecule has 1 aromatic heterocycles. The van der Waals surface area contributed by atoms with Gasteiger partial charge in [0.05, 0.1) is 6.20 Å². The maximum atomic E-state index is 11.9. The van der Waals surface area contributed by atoms with Gasteiger partial charge < -0.3 is 15.4 Å². The number of carbonyl (C=O) groups excluding carboxylic acids is 1. The van der Waals surface area contributed by atoms with Crippen molar-refractivity contribution < 1.29 is 9.53 Å². The number of amides is 1. The molecule has 0 unspecified atom stereocenters. The molecule has 1 aliphatic carbocycles. The number of alkyl carbamates (subject to hydrolysis) is 1. The summed E-state index contributed by atoms with van der Waals surface area (Å²) in [6.07, 6.45) is 5.82. The molecule has 23 heavy (non-hydrogen) atoms. The summed E-state index contributed by atoms with van der Waals surface area (Å²) in [5, 5.41) is 10.9. The summed E-state index contributed by atoms with van der Waals surface area (Å²) < 4.78 is 7.24. The number of aryl methyl sites for hydroxylation is 1. The van der Waals surface area contributed by atoms with Gasteiger partial charge in [0, 0.05) is 36.9 Å². The second kappa shape index (κ2) is 7.34. The molecule has 1 amide bonds. The van der Waals surface area contributed by atoms with Crippen molar-refractivity contribution in [1.82, 2.24) is 20.4 Å². The van der Waals surface area contributed by atoms with Crippen molar-refractivity contribution in [3.05, 3.63) is 17.5 Å². The van der Waals surface area contributed by atoms with Crippen LogP contribution in [-0.2, 0) is 18.3 Å². The van der Waals surface area contributed by atoms with Crippen molar-refractivity contribution in [3.8, 4) is 0 Å². The Hall–Kier alpha value is -1.56. The topological polar surface area (TPSA) is 68.2 Å². The van der Waals surface area contributed by atoms with E-state index in [1.807, 2.05) is 38.7 Å². The minimum Gasteiger partial charge on any atom is -0.444 e. The molecule has 0 aromatic carbocycles. The van der Waals surface area contributed by atoms with E-state index in [1.165, 1.54) is 11.3 Å². The van der Waals surface area contributed by atoms with E-state index in [4.69, 9.17) is 4.74 Å². The fraction of sp³-hybridized carbons (Fsp3) is 0.765. The predicted octanol–water partition coefficient (Wildman–Crippen LogP) is 2.65. The zero-order valence-electron chi connectivity index (χ0n) is 15.0. The summed E-state index contributed by atoms with van der Waals surface area (Å²) in [5.74, 6) is 0. The van der Waals surface area contributed by atoms with Gasteiger partial charge in [-0.1, -0.05) is 0 Å². The number of nitrogens with zero attached hydrogens (tertiary/aromatic N) is 2. The van der Waals surface area contributed by atoms with Crippen molar-refractivity contribution in [1.29, 1.82) is 0 Å². The Balaban J connectivity index is 1.79. The molecule has 0 bridgehead atoms. The van der Waals surface area contributed by atoms with E-state index in [9.17, 15) is 4.79 Å². The van der Waals surface area contributed by atoms with Gasteiger partial charge in [-0.25, -0.2) is 4.79 Å². The lowest BCUT2D eigenvalue weighted by Crippen LogP contribution is -2.45.